The number of alkyl carbamates (subject to hydrolysis) is 1. The first-order valence-corrected chi connectivity index (χ1v) is 8.18. The van der Waals surface area contributed by atoms with Crippen molar-refractivity contribution in [1.82, 2.24) is 10.2 Å². The maximum Gasteiger partial charge on any atom is 0.407 e. The molecular formula is C18H26N2O3. The zero-order valence-electron chi connectivity index (χ0n) is 14.1. The Morgan fingerprint density at radius 3 is 2.57 bits per heavy atom. The van der Waals surface area contributed by atoms with Gasteiger partial charge in [-0.3, -0.25) is 4.79 Å². The molecule has 1 aromatic rings. The zero-order chi connectivity index (χ0) is 16.8. The molecule has 1 N–H and O–H groups in total. The Labute approximate surface area is 138 Å². The van der Waals surface area contributed by atoms with Crippen LogP contribution in [-0.4, -0.2) is 36.0 Å². The molecule has 0 saturated carbocycles. The van der Waals surface area contributed by atoms with Crippen molar-refractivity contribution < 1.29 is 14.3 Å². The highest BCUT2D eigenvalue weighted by Crippen LogP contribution is 2.24. The number of hydrogen-bond donors (Lipinski definition) is 1. The van der Waals surface area contributed by atoms with Crippen molar-refractivity contribution in [2.24, 2.45) is 11.8 Å². The molecule has 2 atom stereocenters. The quantitative estimate of drug-likeness (QED) is 0.928. The smallest absolute Gasteiger partial charge is 0.407 e. The standard InChI is InChI=1S/C18H26N2O3/c1-13(2)16-9-17(11-20(10-16)14(3)21)19-18(22)23-12-15-7-5-4-6-8-15/h4-8,13,16-17H,9-12H2,1-3H3,(H,19,22). The van der Waals surface area contributed by atoms with Crippen LogP contribution in [0.1, 0.15) is 32.8 Å². The molecule has 1 fully saturated rings. The van der Waals surface area contributed by atoms with Crippen molar-refractivity contribution in [2.75, 3.05) is 13.1 Å². The number of carbonyl (C=O) groups excluding carboxylic acids is 2. The van der Waals surface area contributed by atoms with Crippen molar-refractivity contribution in [3.8, 4) is 0 Å². The number of likely N-dealkylation sites (tertiary alicyclic amines) is 1. The fourth-order valence-corrected chi connectivity index (χ4v) is 2.91. The summed E-state index contributed by atoms with van der Waals surface area (Å²) in [6, 6.07) is 9.53. The molecule has 2 amide bonds. The maximum absolute atomic E-state index is 12.0. The van der Waals surface area contributed by atoms with E-state index in [-0.39, 0.29) is 18.6 Å². The lowest BCUT2D eigenvalue weighted by Gasteiger charge is -2.39. The van der Waals surface area contributed by atoms with E-state index in [0.29, 0.717) is 18.4 Å². The Morgan fingerprint density at radius 2 is 1.96 bits per heavy atom. The highest BCUT2D eigenvalue weighted by Gasteiger charge is 2.31. The van der Waals surface area contributed by atoms with Gasteiger partial charge in [-0.2, -0.15) is 0 Å². The average Bonchev–Trinajstić information content (AvgIpc) is 2.53. The lowest BCUT2D eigenvalue weighted by molar-refractivity contribution is -0.131. The Balaban J connectivity index is 1.87. The predicted octanol–water partition coefficient (Wildman–Crippen LogP) is 2.81. The first-order chi connectivity index (χ1) is 11.0. The third-order valence-corrected chi connectivity index (χ3v) is 4.41. The van der Waals surface area contributed by atoms with E-state index < -0.39 is 6.09 Å². The van der Waals surface area contributed by atoms with Crippen LogP contribution in [0.5, 0.6) is 0 Å². The third kappa shape index (κ3) is 5.27. The second-order valence-electron chi connectivity index (χ2n) is 6.57. The van der Waals surface area contributed by atoms with E-state index >= 15 is 0 Å². The first kappa shape index (κ1) is 17.3. The molecule has 1 aromatic carbocycles. The van der Waals surface area contributed by atoms with Gasteiger partial charge in [-0.1, -0.05) is 44.2 Å². The van der Waals surface area contributed by atoms with Crippen molar-refractivity contribution in [1.29, 1.82) is 0 Å². The predicted molar refractivity (Wildman–Crippen MR) is 88.7 cm³/mol. The Hall–Kier alpha value is -2.04. The number of benzene rings is 1. The monoisotopic (exact) mass is 318 g/mol. The van der Waals surface area contributed by atoms with E-state index in [4.69, 9.17) is 4.74 Å². The second-order valence-corrected chi connectivity index (χ2v) is 6.57. The van der Waals surface area contributed by atoms with Crippen LogP contribution in [0.4, 0.5) is 4.79 Å². The van der Waals surface area contributed by atoms with Crippen LogP contribution in [-0.2, 0) is 16.1 Å². The van der Waals surface area contributed by atoms with Gasteiger partial charge in [0.15, 0.2) is 0 Å². The van der Waals surface area contributed by atoms with E-state index in [0.717, 1.165) is 18.5 Å². The van der Waals surface area contributed by atoms with Crippen LogP contribution in [0, 0.1) is 11.8 Å². The van der Waals surface area contributed by atoms with Crippen molar-refractivity contribution >= 4 is 12.0 Å². The minimum atomic E-state index is -0.424. The molecule has 0 radical (unpaired) electrons. The lowest BCUT2D eigenvalue weighted by Crippen LogP contribution is -2.53. The van der Waals surface area contributed by atoms with Gasteiger partial charge >= 0.3 is 6.09 Å². The van der Waals surface area contributed by atoms with Gasteiger partial charge in [0.2, 0.25) is 5.91 Å². The van der Waals surface area contributed by atoms with Gasteiger partial charge in [0.25, 0.3) is 0 Å². The first-order valence-electron chi connectivity index (χ1n) is 8.18. The topological polar surface area (TPSA) is 58.6 Å². The molecule has 0 bridgehead atoms. The molecule has 126 valence electrons. The van der Waals surface area contributed by atoms with Gasteiger partial charge in [0, 0.05) is 20.0 Å². The molecule has 1 saturated heterocycles. The zero-order valence-corrected chi connectivity index (χ0v) is 14.1. The van der Waals surface area contributed by atoms with E-state index in [1.54, 1.807) is 6.92 Å². The average molecular weight is 318 g/mol. The highest BCUT2D eigenvalue weighted by molar-refractivity contribution is 5.73. The van der Waals surface area contributed by atoms with Crippen LogP contribution in [0.15, 0.2) is 30.3 Å². The van der Waals surface area contributed by atoms with Crippen molar-refractivity contribution in [3.05, 3.63) is 35.9 Å². The SMILES string of the molecule is CC(=O)N1CC(NC(=O)OCc2ccccc2)CC(C(C)C)C1. The summed E-state index contributed by atoms with van der Waals surface area (Å²) < 4.78 is 5.27. The number of hydrogen-bond acceptors (Lipinski definition) is 3. The maximum atomic E-state index is 12.0. The summed E-state index contributed by atoms with van der Waals surface area (Å²) >= 11 is 0. The van der Waals surface area contributed by atoms with Gasteiger partial charge in [0.05, 0.1) is 6.04 Å². The fraction of sp³-hybridized carbons (Fsp3) is 0.556. The number of carbonyl (C=O) groups is 2. The molecule has 0 aromatic heterocycles. The van der Waals surface area contributed by atoms with Crippen LogP contribution in [0.2, 0.25) is 0 Å². The number of rotatable bonds is 4. The van der Waals surface area contributed by atoms with Gasteiger partial charge in [0.1, 0.15) is 6.61 Å². The van der Waals surface area contributed by atoms with Crippen LogP contribution in [0.3, 0.4) is 0 Å². The summed E-state index contributed by atoms with van der Waals surface area (Å²) in [5, 5.41) is 2.90. The molecule has 1 aliphatic heterocycles. The fourth-order valence-electron chi connectivity index (χ4n) is 2.91. The van der Waals surface area contributed by atoms with Crippen molar-refractivity contribution in [2.45, 2.75) is 39.8 Å². The number of piperidine rings is 1. The van der Waals surface area contributed by atoms with E-state index in [1.165, 1.54) is 0 Å². The second kappa shape index (κ2) is 7.99. The summed E-state index contributed by atoms with van der Waals surface area (Å²) in [4.78, 5) is 25.5. The minimum Gasteiger partial charge on any atom is -0.445 e. The number of ether oxygens (including phenoxy) is 1. The summed E-state index contributed by atoms with van der Waals surface area (Å²) in [6.45, 7) is 7.46. The third-order valence-electron chi connectivity index (χ3n) is 4.41. The van der Waals surface area contributed by atoms with E-state index in [9.17, 15) is 9.59 Å². The van der Waals surface area contributed by atoms with Crippen LogP contribution < -0.4 is 5.32 Å². The molecule has 5 nitrogen and oxygen atoms in total. The molecule has 0 aliphatic carbocycles. The summed E-state index contributed by atoms with van der Waals surface area (Å²) in [5.41, 5.74) is 0.955. The molecule has 1 aliphatic rings. The van der Waals surface area contributed by atoms with Crippen LogP contribution >= 0.6 is 0 Å². The summed E-state index contributed by atoms with van der Waals surface area (Å²) in [7, 11) is 0. The largest absolute Gasteiger partial charge is 0.445 e. The summed E-state index contributed by atoms with van der Waals surface area (Å²) in [5.74, 6) is 0.925. The molecule has 2 unspecified atom stereocenters. The highest BCUT2D eigenvalue weighted by atomic mass is 16.5. The van der Waals surface area contributed by atoms with Gasteiger partial charge < -0.3 is 15.0 Å². The lowest BCUT2D eigenvalue weighted by atomic mass is 9.85. The molecule has 0 spiro atoms. The van der Waals surface area contributed by atoms with Gasteiger partial charge in [-0.25, -0.2) is 4.79 Å². The molecule has 2 rings (SSSR count). The van der Waals surface area contributed by atoms with Crippen molar-refractivity contribution in [3.63, 3.8) is 0 Å². The summed E-state index contributed by atoms with van der Waals surface area (Å²) in [6.07, 6.45) is 0.453. The molecule has 23 heavy (non-hydrogen) atoms. The molecule has 5 heteroatoms. The number of amides is 2. The van der Waals surface area contributed by atoms with E-state index in [1.807, 2.05) is 35.2 Å². The molecule has 1 heterocycles. The van der Waals surface area contributed by atoms with Crippen LogP contribution in [0.25, 0.3) is 0 Å². The van der Waals surface area contributed by atoms with E-state index in [2.05, 4.69) is 19.2 Å². The Morgan fingerprint density at radius 1 is 1.26 bits per heavy atom. The normalized spacial score (nSPS) is 21.1. The van der Waals surface area contributed by atoms with Gasteiger partial charge in [-0.05, 0) is 23.8 Å². The Kier molecular flexibility index (Phi) is 6.02. The Bertz CT molecular complexity index is 530. The number of nitrogens with zero attached hydrogens (tertiary/aromatic N) is 1. The minimum absolute atomic E-state index is 0.0525. The number of nitrogens with one attached hydrogen (secondary N) is 1. The molecular weight excluding hydrogens is 292 g/mol. The van der Waals surface area contributed by atoms with Gasteiger partial charge in [-0.15, -0.1) is 0 Å².